The maximum Gasteiger partial charge on any atom is 0.307 e. The molecule has 20 heavy (non-hydrogen) atoms. The maximum absolute atomic E-state index is 10.7. The molecule has 0 aromatic heterocycles. The molecule has 1 atom stereocenters. The number of aliphatic carboxylic acids is 1. The van der Waals surface area contributed by atoms with Gasteiger partial charge in [-0.1, -0.05) is 30.9 Å². The van der Waals surface area contributed by atoms with E-state index in [0.717, 1.165) is 24.2 Å². The average Bonchev–Trinajstić information content (AvgIpc) is 2.41. The minimum Gasteiger partial charge on any atom is -0.490 e. The third kappa shape index (κ3) is 4.14. The predicted molar refractivity (Wildman–Crippen MR) is 79.6 cm³/mol. The quantitative estimate of drug-likeness (QED) is 0.861. The van der Waals surface area contributed by atoms with Crippen LogP contribution < -0.4 is 4.74 Å². The molecule has 1 aliphatic carbocycles. The minimum absolute atomic E-state index is 0.00668. The fourth-order valence-corrected chi connectivity index (χ4v) is 3.04. The van der Waals surface area contributed by atoms with Gasteiger partial charge in [-0.2, -0.15) is 0 Å². The van der Waals surface area contributed by atoms with Crippen molar-refractivity contribution in [2.45, 2.75) is 57.5 Å². The van der Waals surface area contributed by atoms with Gasteiger partial charge in [-0.3, -0.25) is 4.79 Å². The van der Waals surface area contributed by atoms with Gasteiger partial charge in [0, 0.05) is 5.02 Å². The van der Waals surface area contributed by atoms with Crippen molar-refractivity contribution in [3.8, 4) is 5.75 Å². The first kappa shape index (κ1) is 15.2. The number of benzene rings is 1. The molecule has 0 radical (unpaired) electrons. The summed E-state index contributed by atoms with van der Waals surface area (Å²) in [5, 5.41) is 9.53. The Morgan fingerprint density at radius 2 is 2.10 bits per heavy atom. The van der Waals surface area contributed by atoms with Gasteiger partial charge >= 0.3 is 5.97 Å². The van der Waals surface area contributed by atoms with Crippen LogP contribution in [0.5, 0.6) is 5.75 Å². The van der Waals surface area contributed by atoms with Crippen LogP contribution in [-0.4, -0.2) is 17.2 Å². The number of rotatable bonds is 5. The summed E-state index contributed by atoms with van der Waals surface area (Å²) in [6.45, 7) is 1.79. The van der Waals surface area contributed by atoms with E-state index in [9.17, 15) is 4.79 Å². The van der Waals surface area contributed by atoms with Gasteiger partial charge < -0.3 is 9.84 Å². The summed E-state index contributed by atoms with van der Waals surface area (Å²) < 4.78 is 5.83. The molecular formula is C16H21ClO3. The van der Waals surface area contributed by atoms with Crippen LogP contribution in [0.3, 0.4) is 0 Å². The van der Waals surface area contributed by atoms with E-state index in [1.165, 1.54) is 19.3 Å². The summed E-state index contributed by atoms with van der Waals surface area (Å²) in [6.07, 6.45) is 5.75. The van der Waals surface area contributed by atoms with E-state index in [4.69, 9.17) is 21.4 Å². The molecule has 0 unspecified atom stereocenters. The molecule has 0 bridgehead atoms. The highest BCUT2D eigenvalue weighted by atomic mass is 35.5. The lowest BCUT2D eigenvalue weighted by molar-refractivity contribution is -0.138. The SMILES string of the molecule is C[C@H](CC(=O)O)Oc1ccc(Cl)cc1C1CCCCC1. The van der Waals surface area contributed by atoms with Crippen LogP contribution in [0.2, 0.25) is 5.02 Å². The Morgan fingerprint density at radius 1 is 1.40 bits per heavy atom. The number of hydrogen-bond donors (Lipinski definition) is 1. The molecule has 0 aliphatic heterocycles. The van der Waals surface area contributed by atoms with Crippen molar-refractivity contribution >= 4 is 17.6 Å². The normalized spacial score (nSPS) is 17.7. The third-order valence-corrected chi connectivity index (χ3v) is 4.04. The first-order valence-corrected chi connectivity index (χ1v) is 7.62. The number of carbonyl (C=O) groups is 1. The van der Waals surface area contributed by atoms with Crippen LogP contribution >= 0.6 is 11.6 Å². The van der Waals surface area contributed by atoms with Crippen molar-refractivity contribution in [1.29, 1.82) is 0 Å². The Kier molecular flexibility index (Phi) is 5.30. The van der Waals surface area contributed by atoms with Crippen molar-refractivity contribution in [1.82, 2.24) is 0 Å². The van der Waals surface area contributed by atoms with Crippen molar-refractivity contribution < 1.29 is 14.6 Å². The number of halogens is 1. The number of carboxylic acids is 1. The van der Waals surface area contributed by atoms with Gasteiger partial charge in [-0.15, -0.1) is 0 Å². The zero-order valence-electron chi connectivity index (χ0n) is 11.8. The van der Waals surface area contributed by atoms with E-state index in [1.54, 1.807) is 13.0 Å². The highest BCUT2D eigenvalue weighted by molar-refractivity contribution is 6.30. The Hall–Kier alpha value is -1.22. The van der Waals surface area contributed by atoms with Gasteiger partial charge in [0.25, 0.3) is 0 Å². The summed E-state index contributed by atoms with van der Waals surface area (Å²) in [5.41, 5.74) is 1.13. The second-order valence-corrected chi connectivity index (χ2v) is 5.98. The molecule has 1 aliphatic rings. The van der Waals surface area contributed by atoms with E-state index in [1.807, 2.05) is 12.1 Å². The molecule has 4 heteroatoms. The lowest BCUT2D eigenvalue weighted by Crippen LogP contribution is -2.18. The molecule has 1 saturated carbocycles. The standard InChI is InChI=1S/C16H21ClO3/c1-11(9-16(18)19)20-15-8-7-13(17)10-14(15)12-5-3-2-4-6-12/h7-8,10-12H,2-6,9H2,1H3,(H,18,19)/t11-/m1/s1. The average molecular weight is 297 g/mol. The predicted octanol–water partition coefficient (Wildman–Crippen LogP) is 4.63. The lowest BCUT2D eigenvalue weighted by atomic mass is 9.83. The number of ether oxygens (including phenoxy) is 1. The molecule has 110 valence electrons. The molecule has 1 N–H and O–H groups in total. The summed E-state index contributed by atoms with van der Waals surface area (Å²) >= 11 is 6.11. The Balaban J connectivity index is 2.16. The molecular weight excluding hydrogens is 276 g/mol. The van der Waals surface area contributed by atoms with E-state index >= 15 is 0 Å². The van der Waals surface area contributed by atoms with Crippen molar-refractivity contribution in [2.24, 2.45) is 0 Å². The molecule has 1 aromatic rings. The monoisotopic (exact) mass is 296 g/mol. The minimum atomic E-state index is -0.842. The largest absolute Gasteiger partial charge is 0.490 e. The van der Waals surface area contributed by atoms with E-state index in [2.05, 4.69) is 0 Å². The van der Waals surface area contributed by atoms with Gasteiger partial charge in [-0.25, -0.2) is 0 Å². The number of carboxylic acid groups (broad SMARTS) is 1. The summed E-state index contributed by atoms with van der Waals surface area (Å²) in [5.74, 6) is 0.426. The molecule has 2 rings (SSSR count). The van der Waals surface area contributed by atoms with Crippen LogP contribution in [0.1, 0.15) is 56.9 Å². The van der Waals surface area contributed by atoms with Gasteiger partial charge in [0.15, 0.2) is 0 Å². The van der Waals surface area contributed by atoms with Crippen molar-refractivity contribution in [2.75, 3.05) is 0 Å². The maximum atomic E-state index is 10.7. The van der Waals surface area contributed by atoms with Crippen molar-refractivity contribution in [3.63, 3.8) is 0 Å². The smallest absolute Gasteiger partial charge is 0.307 e. The zero-order valence-corrected chi connectivity index (χ0v) is 12.5. The second-order valence-electron chi connectivity index (χ2n) is 5.54. The van der Waals surface area contributed by atoms with E-state index in [0.29, 0.717) is 10.9 Å². The lowest BCUT2D eigenvalue weighted by Gasteiger charge is -2.25. The Morgan fingerprint density at radius 3 is 2.75 bits per heavy atom. The summed E-state index contributed by atoms with van der Waals surface area (Å²) in [6, 6.07) is 5.64. The van der Waals surface area contributed by atoms with Crippen LogP contribution in [-0.2, 0) is 4.79 Å². The van der Waals surface area contributed by atoms with Gasteiger partial charge in [0.05, 0.1) is 6.42 Å². The van der Waals surface area contributed by atoms with E-state index in [-0.39, 0.29) is 12.5 Å². The molecule has 0 spiro atoms. The third-order valence-electron chi connectivity index (χ3n) is 3.81. The Labute approximate surface area is 124 Å². The topological polar surface area (TPSA) is 46.5 Å². The fourth-order valence-electron chi connectivity index (χ4n) is 2.86. The highest BCUT2D eigenvalue weighted by Gasteiger charge is 2.21. The summed E-state index contributed by atoms with van der Waals surface area (Å²) in [7, 11) is 0. The van der Waals surface area contributed by atoms with Crippen LogP contribution in [0, 0.1) is 0 Å². The molecule has 0 saturated heterocycles. The summed E-state index contributed by atoms with van der Waals surface area (Å²) in [4.78, 5) is 10.7. The van der Waals surface area contributed by atoms with E-state index < -0.39 is 5.97 Å². The van der Waals surface area contributed by atoms with Crippen LogP contribution in [0.25, 0.3) is 0 Å². The number of hydrogen-bond acceptors (Lipinski definition) is 2. The van der Waals surface area contributed by atoms with Crippen LogP contribution in [0.15, 0.2) is 18.2 Å². The van der Waals surface area contributed by atoms with Gasteiger partial charge in [0.1, 0.15) is 11.9 Å². The first-order chi connectivity index (χ1) is 9.56. The van der Waals surface area contributed by atoms with Crippen molar-refractivity contribution in [3.05, 3.63) is 28.8 Å². The molecule has 1 aromatic carbocycles. The van der Waals surface area contributed by atoms with Crippen LogP contribution in [0.4, 0.5) is 0 Å². The molecule has 3 nitrogen and oxygen atoms in total. The molecule has 0 amide bonds. The zero-order chi connectivity index (χ0) is 14.5. The Bertz CT molecular complexity index is 467. The molecule has 1 fully saturated rings. The first-order valence-electron chi connectivity index (χ1n) is 7.24. The molecule has 0 heterocycles. The van der Waals surface area contributed by atoms with Gasteiger partial charge in [-0.05, 0) is 49.4 Å². The highest BCUT2D eigenvalue weighted by Crippen LogP contribution is 2.39. The second kappa shape index (κ2) is 6.98. The van der Waals surface area contributed by atoms with Gasteiger partial charge in [0.2, 0.25) is 0 Å². The fraction of sp³-hybridized carbons (Fsp3) is 0.562.